The van der Waals surface area contributed by atoms with Gasteiger partial charge in [-0.05, 0) is 81.3 Å². The van der Waals surface area contributed by atoms with Crippen LogP contribution in [-0.2, 0) is 6.42 Å². The third kappa shape index (κ3) is 3.19. The van der Waals surface area contributed by atoms with E-state index in [0.717, 1.165) is 6.42 Å². The molecule has 7 aromatic rings. The molecule has 0 spiro atoms. The van der Waals surface area contributed by atoms with Crippen LogP contribution >= 0.6 is 0 Å². The van der Waals surface area contributed by atoms with Gasteiger partial charge in [-0.25, -0.2) is 0 Å². The van der Waals surface area contributed by atoms with Crippen molar-refractivity contribution in [3.63, 3.8) is 0 Å². The van der Waals surface area contributed by atoms with Crippen LogP contribution in [-0.4, -0.2) is 4.57 Å². The highest BCUT2D eigenvalue weighted by molar-refractivity contribution is 6.10. The molecule has 38 heavy (non-hydrogen) atoms. The fourth-order valence-corrected chi connectivity index (χ4v) is 6.28. The van der Waals surface area contributed by atoms with E-state index in [1.807, 2.05) is 0 Å². The number of rotatable bonds is 3. The Hall–Kier alpha value is -4.88. The van der Waals surface area contributed by atoms with Crippen molar-refractivity contribution in [3.05, 3.63) is 151 Å². The predicted molar refractivity (Wildman–Crippen MR) is 160 cm³/mol. The van der Waals surface area contributed by atoms with Gasteiger partial charge in [0.15, 0.2) is 0 Å². The van der Waals surface area contributed by atoms with Gasteiger partial charge in [0.1, 0.15) is 0 Å². The fraction of sp³-hybridized carbons (Fsp3) is 0.0270. The SMILES string of the molecule is c1ccc(-n2c3ccccc3c3cc(-c4ccc(-c5cccc6c5Cc5ccccc5-6)cc4)ccc32)cc1. The highest BCUT2D eigenvalue weighted by Crippen LogP contribution is 2.42. The van der Waals surface area contributed by atoms with Crippen molar-refractivity contribution in [1.29, 1.82) is 0 Å². The lowest BCUT2D eigenvalue weighted by Crippen LogP contribution is -1.92. The molecule has 1 heterocycles. The van der Waals surface area contributed by atoms with Crippen molar-refractivity contribution >= 4 is 21.8 Å². The summed E-state index contributed by atoms with van der Waals surface area (Å²) in [7, 11) is 0. The Morgan fingerprint density at radius 2 is 1.08 bits per heavy atom. The Morgan fingerprint density at radius 1 is 0.421 bits per heavy atom. The first-order valence-corrected chi connectivity index (χ1v) is 13.2. The summed E-state index contributed by atoms with van der Waals surface area (Å²) in [5.41, 5.74) is 14.4. The average molecular weight is 484 g/mol. The second-order valence-electron chi connectivity index (χ2n) is 10.2. The van der Waals surface area contributed by atoms with E-state index in [-0.39, 0.29) is 0 Å². The topological polar surface area (TPSA) is 4.93 Å². The van der Waals surface area contributed by atoms with Crippen LogP contribution in [0.4, 0.5) is 0 Å². The van der Waals surface area contributed by atoms with Gasteiger partial charge in [0, 0.05) is 16.5 Å². The van der Waals surface area contributed by atoms with E-state index in [0.29, 0.717) is 0 Å². The number of hydrogen-bond donors (Lipinski definition) is 0. The lowest BCUT2D eigenvalue weighted by Gasteiger charge is -2.11. The second-order valence-corrected chi connectivity index (χ2v) is 10.2. The Bertz CT molecular complexity index is 1970. The predicted octanol–water partition coefficient (Wildman–Crippen LogP) is 9.69. The molecule has 178 valence electrons. The Kier molecular flexibility index (Phi) is 4.65. The lowest BCUT2D eigenvalue weighted by molar-refractivity contribution is 1.18. The summed E-state index contributed by atoms with van der Waals surface area (Å²) in [6.07, 6.45) is 1.01. The molecule has 0 saturated carbocycles. The summed E-state index contributed by atoms with van der Waals surface area (Å²) >= 11 is 0. The molecule has 0 amide bonds. The number of para-hydroxylation sites is 2. The highest BCUT2D eigenvalue weighted by Gasteiger charge is 2.21. The summed E-state index contributed by atoms with van der Waals surface area (Å²) in [6.45, 7) is 0. The molecule has 0 bridgehead atoms. The molecule has 0 aliphatic heterocycles. The molecular formula is C37H25N. The van der Waals surface area contributed by atoms with Crippen molar-refractivity contribution in [3.8, 4) is 39.1 Å². The zero-order valence-electron chi connectivity index (χ0n) is 20.9. The maximum atomic E-state index is 2.37. The molecule has 1 aliphatic carbocycles. The quantitative estimate of drug-likeness (QED) is 0.236. The second kappa shape index (κ2) is 8.33. The van der Waals surface area contributed by atoms with E-state index in [1.54, 1.807) is 0 Å². The van der Waals surface area contributed by atoms with Crippen LogP contribution in [0.3, 0.4) is 0 Å². The number of benzene rings is 6. The molecule has 1 nitrogen and oxygen atoms in total. The van der Waals surface area contributed by atoms with Crippen LogP contribution in [0.15, 0.2) is 140 Å². The van der Waals surface area contributed by atoms with E-state index in [1.165, 1.54) is 72.0 Å². The van der Waals surface area contributed by atoms with E-state index in [9.17, 15) is 0 Å². The van der Waals surface area contributed by atoms with Gasteiger partial charge in [0.25, 0.3) is 0 Å². The van der Waals surface area contributed by atoms with Crippen LogP contribution in [0.25, 0.3) is 60.9 Å². The summed E-state index contributed by atoms with van der Waals surface area (Å²) in [5, 5.41) is 2.56. The normalized spacial score (nSPS) is 12.1. The van der Waals surface area contributed by atoms with E-state index in [2.05, 4.69) is 144 Å². The highest BCUT2D eigenvalue weighted by atomic mass is 15.0. The van der Waals surface area contributed by atoms with Crippen molar-refractivity contribution in [2.45, 2.75) is 6.42 Å². The molecule has 0 N–H and O–H groups in total. The number of hydrogen-bond acceptors (Lipinski definition) is 0. The molecule has 0 fully saturated rings. The summed E-state index contributed by atoms with van der Waals surface area (Å²) in [6, 6.07) is 50.9. The zero-order chi connectivity index (χ0) is 25.1. The Labute approximate surface area is 222 Å². The van der Waals surface area contributed by atoms with Crippen molar-refractivity contribution in [2.75, 3.05) is 0 Å². The largest absolute Gasteiger partial charge is 0.309 e. The molecular weight excluding hydrogens is 458 g/mol. The van der Waals surface area contributed by atoms with Crippen LogP contribution < -0.4 is 0 Å². The minimum Gasteiger partial charge on any atom is -0.309 e. The van der Waals surface area contributed by atoms with Crippen LogP contribution in [0.5, 0.6) is 0 Å². The van der Waals surface area contributed by atoms with E-state index in [4.69, 9.17) is 0 Å². The van der Waals surface area contributed by atoms with Gasteiger partial charge in [0.2, 0.25) is 0 Å². The van der Waals surface area contributed by atoms with Gasteiger partial charge in [-0.3, -0.25) is 0 Å². The third-order valence-corrected chi connectivity index (χ3v) is 8.07. The maximum absolute atomic E-state index is 2.37. The fourth-order valence-electron chi connectivity index (χ4n) is 6.28. The van der Waals surface area contributed by atoms with Gasteiger partial charge in [-0.1, -0.05) is 109 Å². The van der Waals surface area contributed by atoms with E-state index >= 15 is 0 Å². The van der Waals surface area contributed by atoms with Gasteiger partial charge in [0.05, 0.1) is 11.0 Å². The number of fused-ring (bicyclic) bond motifs is 6. The first-order chi connectivity index (χ1) is 18.8. The molecule has 0 saturated heterocycles. The first-order valence-electron chi connectivity index (χ1n) is 13.2. The first kappa shape index (κ1) is 21.2. The Balaban J connectivity index is 1.21. The third-order valence-electron chi connectivity index (χ3n) is 8.07. The summed E-state index contributed by atoms with van der Waals surface area (Å²) in [4.78, 5) is 0. The van der Waals surface area contributed by atoms with Crippen LogP contribution in [0.1, 0.15) is 11.1 Å². The maximum Gasteiger partial charge on any atom is 0.0541 e. The molecule has 6 aromatic carbocycles. The minimum absolute atomic E-state index is 1.01. The van der Waals surface area contributed by atoms with Crippen molar-refractivity contribution in [1.82, 2.24) is 4.57 Å². The molecule has 1 aromatic heterocycles. The summed E-state index contributed by atoms with van der Waals surface area (Å²) in [5.74, 6) is 0. The lowest BCUT2D eigenvalue weighted by atomic mass is 9.94. The summed E-state index contributed by atoms with van der Waals surface area (Å²) < 4.78 is 2.37. The molecule has 0 unspecified atom stereocenters. The van der Waals surface area contributed by atoms with Crippen molar-refractivity contribution in [2.24, 2.45) is 0 Å². The molecule has 8 rings (SSSR count). The standard InChI is InChI=1S/C37H25N/c1-2-10-29(11-3-1)38-36-16-7-6-13-33(36)35-23-27(21-22-37(35)38)25-17-19-26(20-18-25)30-14-8-15-32-31-12-5-4-9-28(31)24-34(30)32/h1-23H,24H2. The van der Waals surface area contributed by atoms with Crippen LogP contribution in [0.2, 0.25) is 0 Å². The molecule has 0 atom stereocenters. The zero-order valence-corrected chi connectivity index (χ0v) is 20.9. The molecule has 0 radical (unpaired) electrons. The van der Waals surface area contributed by atoms with Crippen molar-refractivity contribution < 1.29 is 0 Å². The Morgan fingerprint density at radius 3 is 1.97 bits per heavy atom. The van der Waals surface area contributed by atoms with Gasteiger partial charge in [-0.15, -0.1) is 0 Å². The average Bonchev–Trinajstić information content (AvgIpc) is 3.53. The smallest absolute Gasteiger partial charge is 0.0541 e. The number of nitrogens with zero attached hydrogens (tertiary/aromatic N) is 1. The van der Waals surface area contributed by atoms with Gasteiger partial charge >= 0.3 is 0 Å². The number of aromatic nitrogens is 1. The van der Waals surface area contributed by atoms with Gasteiger partial charge < -0.3 is 4.57 Å². The van der Waals surface area contributed by atoms with Crippen LogP contribution in [0, 0.1) is 0 Å². The minimum atomic E-state index is 1.01. The molecule has 1 heteroatoms. The monoisotopic (exact) mass is 483 g/mol. The van der Waals surface area contributed by atoms with Gasteiger partial charge in [-0.2, -0.15) is 0 Å². The molecule has 1 aliphatic rings. The van der Waals surface area contributed by atoms with E-state index < -0.39 is 0 Å².